The molecular weight excluding hydrogens is 1370 g/mol. The zero-order chi connectivity index (χ0) is 73.7. The van der Waals surface area contributed by atoms with Gasteiger partial charge in [0, 0.05) is 74.9 Å². The van der Waals surface area contributed by atoms with Gasteiger partial charge in [-0.25, -0.2) is 18.3 Å². The van der Waals surface area contributed by atoms with Crippen LogP contribution in [0, 0.1) is 17.2 Å². The van der Waals surface area contributed by atoms with Crippen molar-refractivity contribution in [2.75, 3.05) is 191 Å². The molecule has 3 aliphatic heterocycles. The fourth-order valence-electron chi connectivity index (χ4n) is 12.2. The number of nitrogens with one attached hydrogen (secondary N) is 4. The average molecular weight is 1470 g/mol. The van der Waals surface area contributed by atoms with Gasteiger partial charge in [-0.15, -0.1) is 5.10 Å². The van der Waals surface area contributed by atoms with Crippen LogP contribution in [0.4, 0.5) is 13.6 Å². The minimum atomic E-state index is -3.19. The summed E-state index contributed by atoms with van der Waals surface area (Å²) >= 11 is 0. The highest BCUT2D eigenvalue weighted by molar-refractivity contribution is 5.95. The van der Waals surface area contributed by atoms with Crippen molar-refractivity contribution in [3.63, 3.8) is 0 Å². The lowest BCUT2D eigenvalue weighted by atomic mass is 9.98. The Hall–Kier alpha value is -8.49. The van der Waals surface area contributed by atoms with Crippen molar-refractivity contribution in [3.8, 4) is 28.5 Å². The first kappa shape index (κ1) is 80.6. The van der Waals surface area contributed by atoms with Crippen LogP contribution in [-0.2, 0) is 100 Å². The number of benzene rings is 4. The number of nitrogens with zero attached hydrogens (tertiary/aromatic N) is 6. The van der Waals surface area contributed by atoms with Gasteiger partial charge >= 0.3 is 6.09 Å². The van der Waals surface area contributed by atoms with E-state index in [9.17, 15) is 42.8 Å². The van der Waals surface area contributed by atoms with Crippen LogP contribution in [0.1, 0.15) is 69.8 Å². The molecule has 0 radical (unpaired) electrons. The van der Waals surface area contributed by atoms with Crippen molar-refractivity contribution in [2.45, 2.75) is 69.2 Å². The van der Waals surface area contributed by atoms with Crippen LogP contribution in [0.3, 0.4) is 0 Å². The number of hydrogen-bond donors (Lipinski definition) is 4. The molecule has 0 unspecified atom stereocenters. The Morgan fingerprint density at radius 3 is 1.65 bits per heavy atom. The van der Waals surface area contributed by atoms with E-state index in [-0.39, 0.29) is 69.2 Å². The summed E-state index contributed by atoms with van der Waals surface area (Å²) in [6.07, 6.45) is 0.515. The summed E-state index contributed by atoms with van der Waals surface area (Å²) in [5, 5.41) is 28.9. The minimum Gasteiger partial charge on any atom is -0.449 e. The summed E-state index contributed by atoms with van der Waals surface area (Å²) in [4.78, 5) is 79.4. The molecule has 5 aromatic rings. The molecule has 4 aliphatic rings. The van der Waals surface area contributed by atoms with E-state index in [0.717, 1.165) is 27.2 Å². The molecule has 2 saturated heterocycles. The molecule has 1 aromatic heterocycles. The number of nitriles is 1. The van der Waals surface area contributed by atoms with E-state index < -0.39 is 54.8 Å². The van der Waals surface area contributed by atoms with E-state index in [1.165, 1.54) is 22.3 Å². The Balaban J connectivity index is 0.466. The molecule has 2 fully saturated rings. The molecule has 4 heterocycles. The molecular formula is C74H96F2N10O19. The predicted molar refractivity (Wildman–Crippen MR) is 373 cm³/mol. The molecule has 31 heteroatoms. The summed E-state index contributed by atoms with van der Waals surface area (Å²) in [6, 6.07) is 28.5. The summed E-state index contributed by atoms with van der Waals surface area (Å²) in [6.45, 7) is 11.1. The molecule has 0 spiro atoms. The molecule has 105 heavy (non-hydrogen) atoms. The molecule has 4 aromatic carbocycles. The maximum Gasteiger partial charge on any atom is 0.407 e. The second-order valence-corrected chi connectivity index (χ2v) is 25.0. The number of carbonyl (C=O) groups excluding carboxylic acids is 6. The first-order valence-corrected chi connectivity index (χ1v) is 35.7. The highest BCUT2D eigenvalue weighted by atomic mass is 19.3. The number of amides is 6. The van der Waals surface area contributed by atoms with Crippen molar-refractivity contribution in [2.24, 2.45) is 5.92 Å². The highest BCUT2D eigenvalue weighted by Gasteiger charge is 2.50. The molecule has 1 aliphatic carbocycles. The number of ether oxygens (including phenoxy) is 13. The van der Waals surface area contributed by atoms with Crippen LogP contribution >= 0.6 is 0 Å². The highest BCUT2D eigenvalue weighted by Crippen LogP contribution is 2.44. The van der Waals surface area contributed by atoms with E-state index >= 15 is 0 Å². The third kappa shape index (κ3) is 26.8. The van der Waals surface area contributed by atoms with Gasteiger partial charge in [0.1, 0.15) is 24.4 Å². The van der Waals surface area contributed by atoms with Crippen molar-refractivity contribution in [1.82, 2.24) is 46.1 Å². The zero-order valence-corrected chi connectivity index (χ0v) is 59.2. The van der Waals surface area contributed by atoms with Crippen LogP contribution in [-0.4, -0.2) is 270 Å². The summed E-state index contributed by atoms with van der Waals surface area (Å²) in [5.41, 5.74) is 9.27. The summed E-state index contributed by atoms with van der Waals surface area (Å²) in [7, 11) is 0. The molecule has 3 atom stereocenters. The third-order valence-corrected chi connectivity index (χ3v) is 17.5. The maximum absolute atomic E-state index is 14.0. The van der Waals surface area contributed by atoms with Crippen molar-refractivity contribution >= 4 is 35.6 Å². The smallest absolute Gasteiger partial charge is 0.407 e. The monoisotopic (exact) mass is 1470 g/mol. The van der Waals surface area contributed by atoms with Crippen molar-refractivity contribution in [3.05, 3.63) is 131 Å². The zero-order valence-electron chi connectivity index (χ0n) is 59.2. The minimum absolute atomic E-state index is 0.0171. The SMILES string of the molecule is N#C[C@@H]1CC(F)(F)CN1C(=O)[C@@H]1C[C@@H](CC(=O)N2Cc3cccc(Cn4cc(-c5ccc(C(=O)NCCNC(=O)CCOCCOCCOCCOCCOCCOCCOCCOCCOCCOCCOCCOCCNC(=O)OCC6c7ccccc7-c7ccccc76)cc5)nn4)c3C2)C(=O)N1. The Kier molecular flexibility index (Phi) is 34.1. The molecule has 4 N–H and O–H groups in total. The van der Waals surface area contributed by atoms with Crippen LogP contribution < -0.4 is 21.3 Å². The second-order valence-electron chi connectivity index (χ2n) is 25.0. The number of alkyl carbamates (subject to hydrolysis) is 1. The van der Waals surface area contributed by atoms with Crippen LogP contribution in [0.2, 0.25) is 0 Å². The number of likely N-dealkylation sites (tertiary alicyclic amines) is 1. The van der Waals surface area contributed by atoms with Gasteiger partial charge in [-0.05, 0) is 57.5 Å². The van der Waals surface area contributed by atoms with E-state index in [1.807, 2.05) is 42.5 Å². The van der Waals surface area contributed by atoms with Gasteiger partial charge in [0.05, 0.1) is 184 Å². The second kappa shape index (κ2) is 44.5. The Morgan fingerprint density at radius 2 is 1.10 bits per heavy atom. The number of alkyl halides is 2. The van der Waals surface area contributed by atoms with E-state index in [0.29, 0.717) is 189 Å². The standard InChI is InChI=1S/C74H96F2N10O19/c75-74(76)46-59(47-77)86(53-74)72(91)66-44-58(71(90)81-66)45-69(88)84-48-56-6-5-7-57(64(56)50-84)49-85-51-67(82-83-85)54-12-14-55(15-13-54)70(89)79-18-17-78-68(87)16-20-93-22-24-95-26-28-97-30-32-99-34-36-101-38-40-103-42-43-104-41-39-102-37-35-100-33-31-98-29-27-96-25-23-94-21-19-80-73(92)105-52-65-62-10-3-1-8-60(62)61-9-2-4-11-63(61)65/h1-15,51,58-59,65-66H,16-46,48-50,52-53H2,(H,78,87)(H,79,89)(H,80,92)(H,81,90)/t58-,59-,66-/m0/s1. The average Bonchev–Trinajstić information content (AvgIpc) is 1.60. The van der Waals surface area contributed by atoms with Crippen molar-refractivity contribution < 1.29 is 99.1 Å². The predicted octanol–water partition coefficient (Wildman–Crippen LogP) is 4.46. The summed E-state index contributed by atoms with van der Waals surface area (Å²) in [5.74, 6) is -6.05. The van der Waals surface area contributed by atoms with Gasteiger partial charge in [0.25, 0.3) is 11.8 Å². The molecule has 0 bridgehead atoms. The Morgan fingerprint density at radius 1 is 0.590 bits per heavy atom. The first-order chi connectivity index (χ1) is 51.3. The van der Waals surface area contributed by atoms with Gasteiger partial charge < -0.3 is 92.6 Å². The number of fused-ring (bicyclic) bond motifs is 4. The van der Waals surface area contributed by atoms with E-state index in [4.69, 9.17) is 61.6 Å². The lowest BCUT2D eigenvalue weighted by Gasteiger charge is -2.22. The Labute approximate surface area is 609 Å². The lowest BCUT2D eigenvalue weighted by molar-refractivity contribution is -0.135. The van der Waals surface area contributed by atoms with Gasteiger partial charge in [-0.1, -0.05) is 84.1 Å². The number of rotatable bonds is 51. The van der Waals surface area contributed by atoms with E-state index in [2.05, 4.69) is 55.8 Å². The topological polar surface area (TPSA) is 332 Å². The van der Waals surface area contributed by atoms with Crippen LogP contribution in [0.15, 0.2) is 97.2 Å². The van der Waals surface area contributed by atoms with E-state index in [1.54, 1.807) is 46.1 Å². The first-order valence-electron chi connectivity index (χ1n) is 35.7. The quantitative estimate of drug-likeness (QED) is 0.0390. The molecule has 0 saturated carbocycles. The number of hydrogen-bond acceptors (Lipinski definition) is 22. The molecule has 9 rings (SSSR count). The fraction of sp³-hybridized carbons (Fsp3) is 0.554. The number of halogens is 2. The fourth-order valence-corrected chi connectivity index (χ4v) is 12.2. The van der Waals surface area contributed by atoms with Gasteiger partial charge in [0.2, 0.25) is 23.6 Å². The van der Waals surface area contributed by atoms with Gasteiger partial charge in [-0.2, -0.15) is 5.26 Å². The molecule has 29 nitrogen and oxygen atoms in total. The number of carbonyl (C=O) groups is 6. The van der Waals surface area contributed by atoms with Gasteiger partial charge in [-0.3, -0.25) is 24.0 Å². The maximum atomic E-state index is 14.0. The third-order valence-electron chi connectivity index (χ3n) is 17.5. The molecule has 570 valence electrons. The normalized spacial score (nSPS) is 16.4. The molecule has 6 amide bonds. The largest absolute Gasteiger partial charge is 0.449 e. The van der Waals surface area contributed by atoms with Gasteiger partial charge in [0.15, 0.2) is 0 Å². The number of aromatic nitrogens is 3. The van der Waals surface area contributed by atoms with Crippen molar-refractivity contribution in [1.29, 1.82) is 5.26 Å². The Bertz CT molecular complexity index is 3520. The lowest BCUT2D eigenvalue weighted by Crippen LogP contribution is -2.46. The summed E-state index contributed by atoms with van der Waals surface area (Å²) < 4.78 is 102. The van der Waals surface area contributed by atoms with Crippen LogP contribution in [0.25, 0.3) is 22.4 Å². The van der Waals surface area contributed by atoms with Crippen LogP contribution in [0.5, 0.6) is 0 Å².